The number of anilines is 1. The van der Waals surface area contributed by atoms with Crippen molar-refractivity contribution in [3.05, 3.63) is 71.8 Å². The summed E-state index contributed by atoms with van der Waals surface area (Å²) in [6.07, 6.45) is 1.62. The maximum Gasteiger partial charge on any atom is 0.302 e. The Labute approximate surface area is 195 Å². The van der Waals surface area contributed by atoms with E-state index in [1.54, 1.807) is 36.5 Å². The molecule has 2 aromatic heterocycles. The van der Waals surface area contributed by atoms with E-state index in [0.717, 1.165) is 24.3 Å². The van der Waals surface area contributed by atoms with E-state index >= 15 is 0 Å². The fourth-order valence-electron chi connectivity index (χ4n) is 3.92. The van der Waals surface area contributed by atoms with E-state index in [0.29, 0.717) is 47.7 Å². The number of hydrogen-bond acceptors (Lipinski definition) is 7. The van der Waals surface area contributed by atoms with Gasteiger partial charge in [0.05, 0.1) is 26.0 Å². The minimum Gasteiger partial charge on any atom is -0.494 e. The van der Waals surface area contributed by atoms with Crippen LogP contribution in [-0.4, -0.2) is 54.2 Å². The molecule has 1 N–H and O–H groups in total. The number of halogens is 1. The number of amides is 1. The highest BCUT2D eigenvalue weighted by Crippen LogP contribution is 2.36. The highest BCUT2D eigenvalue weighted by atomic mass is 19.1. The minimum absolute atomic E-state index is 0.0411. The molecule has 1 aliphatic heterocycles. The van der Waals surface area contributed by atoms with Gasteiger partial charge in [-0.25, -0.2) is 4.39 Å². The van der Waals surface area contributed by atoms with Crippen molar-refractivity contribution >= 4 is 23.0 Å². The zero-order valence-corrected chi connectivity index (χ0v) is 18.6. The van der Waals surface area contributed by atoms with Crippen molar-refractivity contribution < 1.29 is 23.1 Å². The largest absolute Gasteiger partial charge is 0.494 e. The van der Waals surface area contributed by atoms with E-state index in [2.05, 4.69) is 20.2 Å². The Bertz CT molecular complexity index is 1320. The smallest absolute Gasteiger partial charge is 0.302 e. The summed E-state index contributed by atoms with van der Waals surface area (Å²) in [5.41, 5.74) is 3.61. The second kappa shape index (κ2) is 9.58. The van der Waals surface area contributed by atoms with Crippen molar-refractivity contribution in [1.29, 1.82) is 0 Å². The number of rotatable bonds is 6. The lowest BCUT2D eigenvalue weighted by atomic mass is 10.0. The molecule has 1 fully saturated rings. The lowest BCUT2D eigenvalue weighted by Crippen LogP contribution is -2.35. The molecule has 1 amide bonds. The standard InChI is InChI=1S/C25H23FN4O4/c1-32-21-7-6-20(16-2-4-18(26)5-3-16)23-22(21)28-25(34-23)29-24(31)17-8-9-27-19(14-17)15-30-10-12-33-13-11-30/h2-9,14H,10-13,15H2,1H3,(H,28,29,31). The molecule has 2 aromatic carbocycles. The maximum absolute atomic E-state index is 13.4. The number of nitrogens with one attached hydrogen (secondary N) is 1. The van der Waals surface area contributed by atoms with Crippen LogP contribution in [0.25, 0.3) is 22.2 Å². The van der Waals surface area contributed by atoms with Crippen molar-refractivity contribution in [2.75, 3.05) is 38.7 Å². The number of methoxy groups -OCH3 is 1. The number of pyridine rings is 1. The quantitative estimate of drug-likeness (QED) is 0.461. The number of hydrogen-bond donors (Lipinski definition) is 1. The van der Waals surface area contributed by atoms with Crippen LogP contribution in [0.5, 0.6) is 5.75 Å². The number of oxazole rings is 1. The number of carbonyl (C=O) groups is 1. The summed E-state index contributed by atoms with van der Waals surface area (Å²) >= 11 is 0. The number of aromatic nitrogens is 2. The van der Waals surface area contributed by atoms with Gasteiger partial charge in [-0.15, -0.1) is 0 Å². The van der Waals surface area contributed by atoms with E-state index in [4.69, 9.17) is 13.9 Å². The fourth-order valence-corrected chi connectivity index (χ4v) is 3.92. The van der Waals surface area contributed by atoms with Gasteiger partial charge in [0.1, 0.15) is 11.6 Å². The molecule has 1 aliphatic rings. The van der Waals surface area contributed by atoms with Gasteiger partial charge in [0.15, 0.2) is 11.1 Å². The Morgan fingerprint density at radius 2 is 1.94 bits per heavy atom. The summed E-state index contributed by atoms with van der Waals surface area (Å²) in [5, 5.41) is 2.72. The summed E-state index contributed by atoms with van der Waals surface area (Å²) in [7, 11) is 1.53. The number of fused-ring (bicyclic) bond motifs is 1. The molecule has 0 bridgehead atoms. The molecule has 9 heteroatoms. The van der Waals surface area contributed by atoms with Crippen LogP contribution in [0.2, 0.25) is 0 Å². The van der Waals surface area contributed by atoms with Gasteiger partial charge in [-0.05, 0) is 42.0 Å². The van der Waals surface area contributed by atoms with Crippen molar-refractivity contribution in [3.8, 4) is 16.9 Å². The second-order valence-electron chi connectivity index (χ2n) is 7.90. The van der Waals surface area contributed by atoms with Crippen LogP contribution < -0.4 is 10.1 Å². The molecular weight excluding hydrogens is 439 g/mol. The zero-order chi connectivity index (χ0) is 23.5. The zero-order valence-electron chi connectivity index (χ0n) is 18.6. The average Bonchev–Trinajstić information content (AvgIpc) is 3.28. The van der Waals surface area contributed by atoms with E-state index in [1.165, 1.54) is 19.2 Å². The number of morpholine rings is 1. The van der Waals surface area contributed by atoms with Crippen molar-refractivity contribution in [1.82, 2.24) is 14.9 Å². The van der Waals surface area contributed by atoms with Gasteiger partial charge in [0, 0.05) is 37.0 Å². The average molecular weight is 462 g/mol. The molecule has 0 radical (unpaired) electrons. The lowest BCUT2D eigenvalue weighted by Gasteiger charge is -2.26. The fraction of sp³-hybridized carbons (Fsp3) is 0.240. The van der Waals surface area contributed by atoms with Gasteiger partial charge < -0.3 is 13.9 Å². The number of nitrogens with zero attached hydrogens (tertiary/aromatic N) is 3. The third-order valence-electron chi connectivity index (χ3n) is 5.67. The highest BCUT2D eigenvalue weighted by molar-refractivity contribution is 6.04. The van der Waals surface area contributed by atoms with E-state index in [1.807, 2.05) is 6.07 Å². The third kappa shape index (κ3) is 4.61. The first-order chi connectivity index (χ1) is 16.6. The van der Waals surface area contributed by atoms with Crippen LogP contribution in [0.4, 0.5) is 10.4 Å². The van der Waals surface area contributed by atoms with Crippen LogP contribution >= 0.6 is 0 Å². The highest BCUT2D eigenvalue weighted by Gasteiger charge is 2.19. The first kappa shape index (κ1) is 22.0. The first-order valence-corrected chi connectivity index (χ1v) is 10.9. The second-order valence-corrected chi connectivity index (χ2v) is 7.90. The summed E-state index contributed by atoms with van der Waals surface area (Å²) in [5.74, 6) is -0.189. The van der Waals surface area contributed by atoms with Crippen molar-refractivity contribution in [2.24, 2.45) is 0 Å². The lowest BCUT2D eigenvalue weighted by molar-refractivity contribution is 0.0336. The molecule has 1 saturated heterocycles. The van der Waals surface area contributed by atoms with Crippen molar-refractivity contribution in [2.45, 2.75) is 6.54 Å². The third-order valence-corrected chi connectivity index (χ3v) is 5.67. The molecule has 0 aliphatic carbocycles. The number of benzene rings is 2. The van der Waals surface area contributed by atoms with Crippen molar-refractivity contribution in [3.63, 3.8) is 0 Å². The van der Waals surface area contributed by atoms with Crippen LogP contribution in [-0.2, 0) is 11.3 Å². The van der Waals surface area contributed by atoms with Gasteiger partial charge in [-0.3, -0.25) is 20.0 Å². The Morgan fingerprint density at radius 3 is 2.71 bits per heavy atom. The maximum atomic E-state index is 13.4. The molecule has 5 rings (SSSR count). The number of ether oxygens (including phenoxy) is 2. The van der Waals surface area contributed by atoms with E-state index in [9.17, 15) is 9.18 Å². The monoisotopic (exact) mass is 462 g/mol. The molecule has 0 spiro atoms. The predicted molar refractivity (Wildman–Crippen MR) is 124 cm³/mol. The predicted octanol–water partition coefficient (Wildman–Crippen LogP) is 4.12. The summed E-state index contributed by atoms with van der Waals surface area (Å²) in [6, 6.07) is 13.1. The van der Waals surface area contributed by atoms with Gasteiger partial charge >= 0.3 is 6.01 Å². The van der Waals surface area contributed by atoms with Gasteiger partial charge in [-0.2, -0.15) is 4.98 Å². The Balaban J connectivity index is 1.40. The Kier molecular flexibility index (Phi) is 6.20. The molecule has 0 atom stereocenters. The Hall–Kier alpha value is -3.82. The van der Waals surface area contributed by atoms with Crippen LogP contribution in [0.3, 0.4) is 0 Å². The molecule has 8 nitrogen and oxygen atoms in total. The SMILES string of the molecule is COc1ccc(-c2ccc(F)cc2)c2oc(NC(=O)c3ccnc(CN4CCOCC4)c3)nc12. The van der Waals surface area contributed by atoms with Gasteiger partial charge in [0.2, 0.25) is 0 Å². The summed E-state index contributed by atoms with van der Waals surface area (Å²) < 4.78 is 30.1. The molecular formula is C25H23FN4O4. The molecule has 3 heterocycles. The molecule has 4 aromatic rings. The molecule has 0 saturated carbocycles. The van der Waals surface area contributed by atoms with E-state index in [-0.39, 0.29) is 17.7 Å². The number of carbonyl (C=O) groups excluding carboxylic acids is 1. The Morgan fingerprint density at radius 1 is 1.15 bits per heavy atom. The molecule has 34 heavy (non-hydrogen) atoms. The minimum atomic E-state index is -0.362. The summed E-state index contributed by atoms with van der Waals surface area (Å²) in [6.45, 7) is 3.70. The van der Waals surface area contributed by atoms with Crippen LogP contribution in [0, 0.1) is 5.82 Å². The van der Waals surface area contributed by atoms with Gasteiger partial charge in [0.25, 0.3) is 5.91 Å². The van der Waals surface area contributed by atoms with E-state index < -0.39 is 0 Å². The van der Waals surface area contributed by atoms with Crippen LogP contribution in [0.15, 0.2) is 59.1 Å². The van der Waals surface area contributed by atoms with Gasteiger partial charge in [-0.1, -0.05) is 12.1 Å². The first-order valence-electron chi connectivity index (χ1n) is 10.9. The van der Waals surface area contributed by atoms with Crippen LogP contribution in [0.1, 0.15) is 16.1 Å². The molecule has 174 valence electrons. The topological polar surface area (TPSA) is 89.7 Å². The normalized spacial score (nSPS) is 14.3. The summed E-state index contributed by atoms with van der Waals surface area (Å²) in [4.78, 5) is 24.0. The molecule has 0 unspecified atom stereocenters.